The summed E-state index contributed by atoms with van der Waals surface area (Å²) in [5.41, 5.74) is 0.0127. The summed E-state index contributed by atoms with van der Waals surface area (Å²) >= 11 is 0. The molecule has 0 amide bonds. The smallest absolute Gasteiger partial charge is 0.433 e. The Morgan fingerprint density at radius 1 is 1.03 bits per heavy atom. The van der Waals surface area contributed by atoms with Crippen molar-refractivity contribution in [2.45, 2.75) is 31.1 Å². The Bertz CT molecular complexity index is 1230. The lowest BCUT2D eigenvalue weighted by atomic mass is 10.0. The van der Waals surface area contributed by atoms with E-state index < -0.39 is 29.5 Å². The van der Waals surface area contributed by atoms with Crippen LogP contribution in [0.2, 0.25) is 0 Å². The largest absolute Gasteiger partial charge is 0.486 e. The normalized spacial score (nSPS) is 18.6. The van der Waals surface area contributed by atoms with Crippen molar-refractivity contribution < 1.29 is 26.7 Å². The fourth-order valence-corrected chi connectivity index (χ4v) is 4.54. The number of nitrogens with one attached hydrogen (secondary N) is 1. The van der Waals surface area contributed by atoms with E-state index in [1.54, 1.807) is 24.2 Å². The van der Waals surface area contributed by atoms with Crippen LogP contribution < -0.4 is 19.9 Å². The number of likely N-dealkylation sites (N-methyl/N-ethyl adjacent to an activating group) is 1. The molecule has 7 nitrogen and oxygen atoms in total. The van der Waals surface area contributed by atoms with Crippen LogP contribution in [-0.4, -0.2) is 47.7 Å². The molecule has 0 aliphatic carbocycles. The van der Waals surface area contributed by atoms with Crippen LogP contribution in [0.4, 0.5) is 39.4 Å². The summed E-state index contributed by atoms with van der Waals surface area (Å²) in [4.78, 5) is 16.0. The molecule has 12 heteroatoms. The van der Waals surface area contributed by atoms with Crippen LogP contribution in [0, 0.1) is 11.6 Å². The molecule has 1 atom stereocenters. The maximum absolute atomic E-state index is 13.7. The maximum Gasteiger partial charge on any atom is 0.433 e. The minimum absolute atomic E-state index is 0.0196. The molecule has 2 aliphatic heterocycles. The predicted octanol–water partition coefficient (Wildman–Crippen LogP) is 4.82. The SMILES string of the molecule is CN1c2nc(NC3CCN(c4ccnc(C(F)(F)F)c4)CC3)ncc2OCC1c1cc(F)cc(F)c1. The van der Waals surface area contributed by atoms with Crippen LogP contribution in [0.25, 0.3) is 0 Å². The number of nitrogens with zero attached hydrogens (tertiary/aromatic N) is 5. The van der Waals surface area contributed by atoms with Crippen LogP contribution in [0.15, 0.2) is 42.7 Å². The Kier molecular flexibility index (Phi) is 6.27. The van der Waals surface area contributed by atoms with Gasteiger partial charge in [-0.05, 0) is 42.7 Å². The monoisotopic (exact) mass is 506 g/mol. The van der Waals surface area contributed by atoms with Crippen LogP contribution in [0.5, 0.6) is 5.75 Å². The van der Waals surface area contributed by atoms with E-state index in [0.717, 1.165) is 12.1 Å². The van der Waals surface area contributed by atoms with E-state index in [0.29, 0.717) is 54.7 Å². The van der Waals surface area contributed by atoms with Gasteiger partial charge in [-0.1, -0.05) is 0 Å². The first kappa shape index (κ1) is 24.0. The predicted molar refractivity (Wildman–Crippen MR) is 123 cm³/mol. The highest BCUT2D eigenvalue weighted by atomic mass is 19.4. The maximum atomic E-state index is 13.7. The number of rotatable bonds is 4. The van der Waals surface area contributed by atoms with Gasteiger partial charge in [0.1, 0.15) is 23.9 Å². The van der Waals surface area contributed by atoms with Crippen molar-refractivity contribution in [2.24, 2.45) is 0 Å². The summed E-state index contributed by atoms with van der Waals surface area (Å²) in [6.45, 7) is 1.30. The first-order valence-corrected chi connectivity index (χ1v) is 11.4. The Labute approximate surface area is 203 Å². The van der Waals surface area contributed by atoms with Crippen LogP contribution >= 0.6 is 0 Å². The zero-order valence-electron chi connectivity index (χ0n) is 19.3. The van der Waals surface area contributed by atoms with Crippen molar-refractivity contribution in [3.63, 3.8) is 0 Å². The zero-order valence-corrected chi connectivity index (χ0v) is 19.3. The number of ether oxygens (including phenoxy) is 1. The molecule has 5 rings (SSSR count). The first-order valence-electron chi connectivity index (χ1n) is 11.4. The molecular weight excluding hydrogens is 483 g/mol. The van der Waals surface area contributed by atoms with Gasteiger partial charge in [0.05, 0.1) is 12.2 Å². The summed E-state index contributed by atoms with van der Waals surface area (Å²) in [5, 5.41) is 3.29. The molecule has 0 saturated carbocycles. The van der Waals surface area contributed by atoms with Gasteiger partial charge in [0.2, 0.25) is 5.95 Å². The third-order valence-electron chi connectivity index (χ3n) is 6.43. The number of piperidine rings is 1. The molecule has 1 N–H and O–H groups in total. The molecule has 1 unspecified atom stereocenters. The highest BCUT2D eigenvalue weighted by Crippen LogP contribution is 2.37. The van der Waals surface area contributed by atoms with Gasteiger partial charge in [-0.15, -0.1) is 0 Å². The molecule has 190 valence electrons. The topological polar surface area (TPSA) is 66.4 Å². The Morgan fingerprint density at radius 3 is 2.44 bits per heavy atom. The molecule has 0 spiro atoms. The van der Waals surface area contributed by atoms with Crippen LogP contribution in [-0.2, 0) is 6.18 Å². The molecule has 0 radical (unpaired) electrons. The van der Waals surface area contributed by atoms with Gasteiger partial charge in [-0.25, -0.2) is 13.8 Å². The molecule has 1 aromatic carbocycles. The van der Waals surface area contributed by atoms with Gasteiger partial charge >= 0.3 is 6.18 Å². The molecule has 2 aliphatic rings. The van der Waals surface area contributed by atoms with E-state index >= 15 is 0 Å². The molecule has 1 saturated heterocycles. The summed E-state index contributed by atoms with van der Waals surface area (Å²) in [6, 6.07) is 5.59. The number of pyridine rings is 1. The van der Waals surface area contributed by atoms with E-state index in [-0.39, 0.29) is 12.6 Å². The van der Waals surface area contributed by atoms with Crippen LogP contribution in [0.3, 0.4) is 0 Å². The summed E-state index contributed by atoms with van der Waals surface area (Å²) in [7, 11) is 1.77. The number of anilines is 3. The highest BCUT2D eigenvalue weighted by Gasteiger charge is 2.33. The van der Waals surface area contributed by atoms with Crippen molar-refractivity contribution in [3.05, 3.63) is 65.6 Å². The van der Waals surface area contributed by atoms with Crippen molar-refractivity contribution in [1.29, 1.82) is 0 Å². The average Bonchev–Trinajstić information content (AvgIpc) is 2.84. The molecular formula is C24H23F5N6O. The molecule has 0 bridgehead atoms. The van der Waals surface area contributed by atoms with Gasteiger partial charge in [0, 0.05) is 44.1 Å². The Morgan fingerprint density at radius 2 is 1.75 bits per heavy atom. The summed E-state index contributed by atoms with van der Waals surface area (Å²) in [5.74, 6) is -0.00702. The average molecular weight is 506 g/mol. The fourth-order valence-electron chi connectivity index (χ4n) is 4.54. The van der Waals surface area contributed by atoms with Crippen molar-refractivity contribution in [2.75, 3.05) is 41.9 Å². The third-order valence-corrected chi connectivity index (χ3v) is 6.43. The number of alkyl halides is 3. The summed E-state index contributed by atoms with van der Waals surface area (Å²) in [6.07, 6.45) is -0.427. The second-order valence-electron chi connectivity index (χ2n) is 8.82. The van der Waals surface area contributed by atoms with E-state index in [2.05, 4.69) is 20.3 Å². The molecule has 3 aromatic rings. The standard InChI is InChI=1S/C24H23F5N6O/c1-34-19(14-8-15(25)10-16(26)9-14)13-36-20-12-31-23(33-22(20)34)32-17-3-6-35(7-4-17)18-2-5-30-21(11-18)24(27,28)29/h2,5,8-12,17,19H,3-4,6-7,13H2,1H3,(H,31,32,33). The quantitative estimate of drug-likeness (QED) is 0.509. The minimum atomic E-state index is -4.49. The number of benzene rings is 1. The molecule has 1 fully saturated rings. The van der Waals surface area contributed by atoms with Gasteiger partial charge in [0.25, 0.3) is 0 Å². The van der Waals surface area contributed by atoms with Gasteiger partial charge in [-0.3, -0.25) is 4.98 Å². The van der Waals surface area contributed by atoms with Crippen molar-refractivity contribution in [3.8, 4) is 5.75 Å². The van der Waals surface area contributed by atoms with Crippen molar-refractivity contribution >= 4 is 17.5 Å². The van der Waals surface area contributed by atoms with E-state index in [1.165, 1.54) is 18.3 Å². The minimum Gasteiger partial charge on any atom is -0.486 e. The lowest BCUT2D eigenvalue weighted by Crippen LogP contribution is -2.40. The highest BCUT2D eigenvalue weighted by molar-refractivity contribution is 5.57. The Balaban J connectivity index is 1.25. The summed E-state index contributed by atoms with van der Waals surface area (Å²) < 4.78 is 72.2. The zero-order chi connectivity index (χ0) is 25.4. The van der Waals surface area contributed by atoms with Gasteiger partial charge < -0.3 is 19.9 Å². The van der Waals surface area contributed by atoms with E-state index in [1.807, 2.05) is 4.90 Å². The third kappa shape index (κ3) is 4.98. The van der Waals surface area contributed by atoms with Gasteiger partial charge in [0.15, 0.2) is 11.6 Å². The lowest BCUT2D eigenvalue weighted by molar-refractivity contribution is -0.141. The molecule has 4 heterocycles. The Hall–Kier alpha value is -3.70. The second kappa shape index (κ2) is 9.40. The van der Waals surface area contributed by atoms with Crippen LogP contribution in [0.1, 0.15) is 30.1 Å². The number of hydrogen-bond donors (Lipinski definition) is 1. The number of hydrogen-bond acceptors (Lipinski definition) is 7. The first-order chi connectivity index (χ1) is 17.2. The fraction of sp³-hybridized carbons (Fsp3) is 0.375. The van der Waals surface area contributed by atoms with E-state index in [4.69, 9.17) is 4.74 Å². The number of fused-ring (bicyclic) bond motifs is 1. The second-order valence-corrected chi connectivity index (χ2v) is 8.82. The number of halogens is 5. The van der Waals surface area contributed by atoms with Crippen molar-refractivity contribution in [1.82, 2.24) is 15.0 Å². The molecule has 36 heavy (non-hydrogen) atoms. The molecule has 2 aromatic heterocycles. The number of aromatic nitrogens is 3. The van der Waals surface area contributed by atoms with Gasteiger partial charge in [-0.2, -0.15) is 18.2 Å². The lowest BCUT2D eigenvalue weighted by Gasteiger charge is -2.36. The van der Waals surface area contributed by atoms with E-state index in [9.17, 15) is 22.0 Å².